The molecule has 2 aromatic carbocycles. The maximum absolute atomic E-state index is 11.7. The van der Waals surface area contributed by atoms with E-state index in [9.17, 15) is 19.8 Å². The molecule has 0 amide bonds. The minimum atomic E-state index is -1.06. The third-order valence-electron chi connectivity index (χ3n) is 4.86. The molecule has 2 N–H and O–H groups in total. The van der Waals surface area contributed by atoms with Gasteiger partial charge < -0.3 is 10.2 Å². The second-order valence-corrected chi connectivity index (χ2v) is 5.98. The van der Waals surface area contributed by atoms with Gasteiger partial charge in [0.05, 0.1) is 11.8 Å². The molecule has 4 rings (SSSR count). The van der Waals surface area contributed by atoms with E-state index in [1.165, 1.54) is 0 Å². The van der Waals surface area contributed by atoms with Gasteiger partial charge in [-0.15, -0.1) is 0 Å². The molecule has 0 radical (unpaired) electrons. The van der Waals surface area contributed by atoms with Crippen LogP contribution in [0.5, 0.6) is 0 Å². The molecule has 2 aliphatic rings. The van der Waals surface area contributed by atoms with Crippen molar-refractivity contribution in [3.63, 3.8) is 0 Å². The van der Waals surface area contributed by atoms with E-state index in [4.69, 9.17) is 0 Å². The van der Waals surface area contributed by atoms with Gasteiger partial charge in [0.2, 0.25) is 0 Å². The van der Waals surface area contributed by atoms with Gasteiger partial charge in [0.1, 0.15) is 0 Å². The quantitative estimate of drug-likeness (QED) is 0.891. The Labute approximate surface area is 126 Å². The van der Waals surface area contributed by atoms with Gasteiger partial charge >= 0.3 is 11.9 Å². The van der Waals surface area contributed by atoms with Crippen molar-refractivity contribution in [1.29, 1.82) is 0 Å². The third kappa shape index (κ3) is 1.64. The van der Waals surface area contributed by atoms with Gasteiger partial charge in [-0.3, -0.25) is 9.59 Å². The highest BCUT2D eigenvalue weighted by Crippen LogP contribution is 2.49. The molecule has 22 heavy (non-hydrogen) atoms. The van der Waals surface area contributed by atoms with E-state index in [-0.39, 0.29) is 5.92 Å². The van der Waals surface area contributed by atoms with Crippen LogP contribution in [0.4, 0.5) is 0 Å². The Morgan fingerprint density at radius 3 is 2.59 bits per heavy atom. The van der Waals surface area contributed by atoms with Crippen molar-refractivity contribution < 1.29 is 19.8 Å². The number of hydrogen-bond donors (Lipinski definition) is 2. The number of carbonyl (C=O) groups is 2. The normalized spacial score (nSPS) is 25.2. The first-order chi connectivity index (χ1) is 10.6. The van der Waals surface area contributed by atoms with Crippen molar-refractivity contribution in [3.8, 4) is 0 Å². The van der Waals surface area contributed by atoms with Crippen LogP contribution in [0.1, 0.15) is 34.9 Å². The molecule has 110 valence electrons. The van der Waals surface area contributed by atoms with Crippen LogP contribution in [0.3, 0.4) is 0 Å². The standard InChI is InChI=1S/C18H14O4/c19-17(20)13-8-11-5-4-9-2-1-3-10-6-7-12(15(11)14(9)10)16(13)18(21)22/h1-7,11,13,16H,8H2,(H,19,20)(H,21,22). The first-order valence-corrected chi connectivity index (χ1v) is 7.27. The summed E-state index contributed by atoms with van der Waals surface area (Å²) in [5.74, 6) is -3.99. The third-order valence-corrected chi connectivity index (χ3v) is 4.86. The summed E-state index contributed by atoms with van der Waals surface area (Å²) in [4.78, 5) is 23.2. The minimum Gasteiger partial charge on any atom is -0.481 e. The fourth-order valence-electron chi connectivity index (χ4n) is 3.95. The van der Waals surface area contributed by atoms with Crippen molar-refractivity contribution in [2.24, 2.45) is 5.92 Å². The Hall–Kier alpha value is -2.62. The summed E-state index contributed by atoms with van der Waals surface area (Å²) in [6.07, 6.45) is 4.36. The van der Waals surface area contributed by atoms with Gasteiger partial charge in [0.25, 0.3) is 0 Å². The van der Waals surface area contributed by atoms with Gasteiger partial charge in [-0.1, -0.05) is 42.5 Å². The molecule has 0 aliphatic heterocycles. The number of rotatable bonds is 2. The van der Waals surface area contributed by atoms with Crippen molar-refractivity contribution in [1.82, 2.24) is 0 Å². The minimum absolute atomic E-state index is 0.0229. The molecular formula is C18H14O4. The van der Waals surface area contributed by atoms with Crippen LogP contribution < -0.4 is 0 Å². The van der Waals surface area contributed by atoms with E-state index in [0.717, 1.165) is 21.9 Å². The highest BCUT2D eigenvalue weighted by molar-refractivity contribution is 5.99. The Bertz CT molecular complexity index is 850. The van der Waals surface area contributed by atoms with E-state index >= 15 is 0 Å². The summed E-state index contributed by atoms with van der Waals surface area (Å²) >= 11 is 0. The Morgan fingerprint density at radius 2 is 1.86 bits per heavy atom. The first kappa shape index (κ1) is 13.1. The molecule has 0 bridgehead atoms. The summed E-state index contributed by atoms with van der Waals surface area (Å²) in [5.41, 5.74) is 2.73. The molecule has 2 aliphatic carbocycles. The molecule has 0 heterocycles. The van der Waals surface area contributed by atoms with Crippen molar-refractivity contribution >= 4 is 28.8 Å². The van der Waals surface area contributed by atoms with Crippen molar-refractivity contribution in [2.45, 2.75) is 18.3 Å². The summed E-state index contributed by atoms with van der Waals surface area (Å²) in [5, 5.41) is 21.2. The molecule has 0 saturated carbocycles. The van der Waals surface area contributed by atoms with Crippen molar-refractivity contribution in [2.75, 3.05) is 0 Å². The molecule has 0 spiro atoms. The predicted octanol–water partition coefficient (Wildman–Crippen LogP) is 3.22. The Morgan fingerprint density at radius 1 is 1.05 bits per heavy atom. The number of hydrogen-bond acceptors (Lipinski definition) is 2. The predicted molar refractivity (Wildman–Crippen MR) is 81.8 cm³/mol. The smallest absolute Gasteiger partial charge is 0.311 e. The molecule has 4 heteroatoms. The van der Waals surface area contributed by atoms with Gasteiger partial charge in [-0.05, 0) is 33.9 Å². The number of carboxylic acid groups (broad SMARTS) is 2. The van der Waals surface area contributed by atoms with Crippen LogP contribution in [0.2, 0.25) is 0 Å². The second kappa shape index (κ2) is 4.44. The van der Waals surface area contributed by atoms with E-state index < -0.39 is 23.8 Å². The Balaban J connectivity index is 2.06. The van der Waals surface area contributed by atoms with Crippen LogP contribution in [0.15, 0.2) is 36.4 Å². The molecule has 3 atom stereocenters. The fraction of sp³-hybridized carbons (Fsp3) is 0.222. The average molecular weight is 294 g/mol. The Kier molecular flexibility index (Phi) is 2.64. The largest absolute Gasteiger partial charge is 0.481 e. The summed E-state index contributed by atoms with van der Waals surface area (Å²) < 4.78 is 0. The zero-order chi connectivity index (χ0) is 15.4. The van der Waals surface area contributed by atoms with Gasteiger partial charge in [0.15, 0.2) is 0 Å². The highest BCUT2D eigenvalue weighted by Gasteiger charge is 2.43. The van der Waals surface area contributed by atoms with Gasteiger partial charge in [-0.2, -0.15) is 0 Å². The summed E-state index contributed by atoms with van der Waals surface area (Å²) in [6.45, 7) is 0. The maximum atomic E-state index is 11.7. The molecule has 0 fully saturated rings. The second-order valence-electron chi connectivity index (χ2n) is 5.98. The van der Waals surface area contributed by atoms with E-state index in [1.54, 1.807) is 6.07 Å². The average Bonchev–Trinajstić information content (AvgIpc) is 2.51. The zero-order valence-corrected chi connectivity index (χ0v) is 11.7. The number of carboxylic acids is 2. The maximum Gasteiger partial charge on any atom is 0.311 e. The van der Waals surface area contributed by atoms with Crippen LogP contribution in [-0.2, 0) is 9.59 Å². The highest BCUT2D eigenvalue weighted by atomic mass is 16.4. The molecule has 2 aromatic rings. The van der Waals surface area contributed by atoms with Crippen LogP contribution >= 0.6 is 0 Å². The van der Waals surface area contributed by atoms with Gasteiger partial charge in [0, 0.05) is 5.92 Å². The lowest BCUT2D eigenvalue weighted by Gasteiger charge is -2.35. The monoisotopic (exact) mass is 294 g/mol. The topological polar surface area (TPSA) is 74.6 Å². The van der Waals surface area contributed by atoms with Crippen LogP contribution in [-0.4, -0.2) is 22.2 Å². The van der Waals surface area contributed by atoms with Crippen molar-refractivity contribution in [3.05, 3.63) is 53.1 Å². The molecule has 4 nitrogen and oxygen atoms in total. The fourth-order valence-corrected chi connectivity index (χ4v) is 3.95. The summed E-state index contributed by atoms with van der Waals surface area (Å²) in [7, 11) is 0. The lowest BCUT2D eigenvalue weighted by atomic mass is 9.67. The lowest BCUT2D eigenvalue weighted by molar-refractivity contribution is -0.151. The van der Waals surface area contributed by atoms with E-state index in [0.29, 0.717) is 12.0 Å². The van der Waals surface area contributed by atoms with E-state index in [2.05, 4.69) is 0 Å². The summed E-state index contributed by atoms with van der Waals surface area (Å²) in [6, 6.07) is 9.69. The number of benzene rings is 2. The number of allylic oxidation sites excluding steroid dienone is 1. The van der Waals surface area contributed by atoms with Crippen LogP contribution in [0.25, 0.3) is 16.8 Å². The first-order valence-electron chi connectivity index (χ1n) is 7.27. The number of aliphatic carboxylic acids is 2. The molecule has 3 unspecified atom stereocenters. The van der Waals surface area contributed by atoms with E-state index in [1.807, 2.05) is 36.4 Å². The van der Waals surface area contributed by atoms with Crippen LogP contribution in [0, 0.1) is 5.92 Å². The molecular weight excluding hydrogens is 280 g/mol. The molecule has 0 saturated heterocycles. The SMILES string of the molecule is O=C(O)C1CC2C=Cc3cccc4ccc(c2c34)C1C(=O)O. The van der Waals surface area contributed by atoms with Gasteiger partial charge in [-0.25, -0.2) is 0 Å². The molecule has 0 aromatic heterocycles. The lowest BCUT2D eigenvalue weighted by Crippen LogP contribution is -2.34. The zero-order valence-electron chi connectivity index (χ0n) is 11.7.